The number of benzene rings is 2. The number of halogens is 1. The number of hydrogen-bond acceptors (Lipinski definition) is 15. The molecule has 0 radical (unpaired) electrons. The second-order valence-electron chi connectivity index (χ2n) is 21.5. The van der Waals surface area contributed by atoms with E-state index in [1.807, 2.05) is 0 Å². The van der Waals surface area contributed by atoms with Crippen LogP contribution in [0, 0.1) is 24.6 Å². The lowest BCUT2D eigenvalue weighted by Crippen LogP contribution is -2.49. The lowest BCUT2D eigenvalue weighted by Gasteiger charge is -2.37. The number of pyridine rings is 2. The number of rotatable bonds is 24. The maximum Gasteiger partial charge on any atom is 0.411 e. The minimum Gasteiger partial charge on any atom is -0.458 e. The molecule has 81 heavy (non-hydrogen) atoms. The van der Waals surface area contributed by atoms with Gasteiger partial charge in [-0.1, -0.05) is 53.2 Å². The quantitative estimate of drug-likeness (QED) is 0.0282. The molecule has 0 fully saturated rings. The molecule has 0 unspecified atom stereocenters. The fourth-order valence-electron chi connectivity index (χ4n) is 10.9. The second kappa shape index (κ2) is 24.6. The van der Waals surface area contributed by atoms with E-state index in [2.05, 4.69) is 16.0 Å². The molecule has 23 heteroatoms. The van der Waals surface area contributed by atoms with E-state index in [0.717, 1.165) is 32.6 Å². The Balaban J connectivity index is 0.913. The van der Waals surface area contributed by atoms with E-state index in [0.29, 0.717) is 71.4 Å². The fraction of sp³-hybridized carbons (Fsp3) is 0.483. The number of carbonyl (C=O) groups excluding carboxylic acids is 8. The lowest BCUT2D eigenvalue weighted by molar-refractivity contribution is -0.187. The number of unbranched alkanes of at least 4 members (excludes halogenated alkanes) is 2. The van der Waals surface area contributed by atoms with Gasteiger partial charge in [-0.25, -0.2) is 27.4 Å². The van der Waals surface area contributed by atoms with Crippen molar-refractivity contribution in [3.63, 3.8) is 0 Å². The summed E-state index contributed by atoms with van der Waals surface area (Å²) < 4.78 is 59.5. The van der Waals surface area contributed by atoms with Crippen LogP contribution in [0.5, 0.6) is 0 Å². The normalized spacial score (nSPS) is 17.8. The second-order valence-corrected chi connectivity index (χ2v) is 23.8. The largest absolute Gasteiger partial charge is 0.458 e. The number of aromatic nitrogens is 2. The molecule has 5 heterocycles. The SMILES string of the molecule is CCC(=O)N[C@H]1CCc2c(C)c(F)cc3nc4c(c1c23)Cn1c-4cc2c(c1=O)COC(=O)[C@@]2(CC)OCN(CCS(C)(=O)=O)C(=O)OCc1ccc(NC(=O)[C@H](C)CC(=O)[C@@H](NC(=O)CCCCCN2C(=O)C=CC2=O)C(C)C)cc1. The molecule has 6 amide bonds. The number of Topliss-reactive ketones (excluding diaryl/α,β-unsaturated/α-hetero) is 1. The monoisotopic (exact) mass is 1140 g/mol. The van der Waals surface area contributed by atoms with Gasteiger partial charge in [0.15, 0.2) is 11.4 Å². The number of sulfone groups is 1. The van der Waals surface area contributed by atoms with Crippen LogP contribution in [-0.2, 0) is 89.4 Å². The number of fused-ring (bicyclic) bond motifs is 5. The van der Waals surface area contributed by atoms with Crippen molar-refractivity contribution in [3.05, 3.63) is 104 Å². The van der Waals surface area contributed by atoms with Crippen LogP contribution in [0.25, 0.3) is 22.3 Å². The predicted molar refractivity (Wildman–Crippen MR) is 294 cm³/mol. The zero-order chi connectivity index (χ0) is 58.7. The van der Waals surface area contributed by atoms with E-state index in [1.165, 1.54) is 22.8 Å². The Morgan fingerprint density at radius 2 is 1.67 bits per heavy atom. The van der Waals surface area contributed by atoms with Crippen molar-refractivity contribution in [1.29, 1.82) is 0 Å². The van der Waals surface area contributed by atoms with Gasteiger partial charge in [-0.15, -0.1) is 0 Å². The molecule has 2 aromatic heterocycles. The highest BCUT2D eigenvalue weighted by Crippen LogP contribution is 2.46. The Bertz CT molecular complexity index is 3410. The Morgan fingerprint density at radius 3 is 2.33 bits per heavy atom. The zero-order valence-electron chi connectivity index (χ0n) is 46.5. The standard InChI is InChI=1S/C58H68FN7O14S/c1-8-46(68)61-42-19-18-37-34(6)41(59)27-43-50(37)51(42)38-28-66-44(53(38)62-43)26-40-39(55(66)73)30-78-56(74)58(40,9-2)80-31-64(23-24-81(7,76)77)57(75)79-29-35-14-16-36(17-15-35)60-54(72)33(5)25-45(67)52(32(3)4)63-47(69)13-11-10-12-22-65-48(70)20-21-49(65)71/h14-17,20-21,26-27,32-33,42,52H,8-13,18-19,22-25,28-31H2,1-7H3,(H,60,72)(H,61,68)(H,63,69)/t33-,42+,52+,58+/m1/s1. The van der Waals surface area contributed by atoms with Crippen molar-refractivity contribution in [2.75, 3.05) is 37.1 Å². The maximum absolute atomic E-state index is 15.5. The number of anilines is 1. The number of nitrogens with zero attached hydrogens (tertiary/aromatic N) is 4. The van der Waals surface area contributed by atoms with Crippen LogP contribution in [0.3, 0.4) is 0 Å². The molecule has 4 atom stereocenters. The number of ether oxygens (including phenoxy) is 3. The predicted octanol–water partition coefficient (Wildman–Crippen LogP) is 5.87. The highest BCUT2D eigenvalue weighted by molar-refractivity contribution is 7.90. The number of esters is 1. The topological polar surface area (TPSA) is 276 Å². The van der Waals surface area contributed by atoms with Crippen molar-refractivity contribution < 1.29 is 65.4 Å². The van der Waals surface area contributed by atoms with Crippen molar-refractivity contribution in [3.8, 4) is 11.4 Å². The van der Waals surface area contributed by atoms with Crippen molar-refractivity contribution in [1.82, 2.24) is 30.0 Å². The van der Waals surface area contributed by atoms with E-state index >= 15 is 4.39 Å². The Kier molecular flexibility index (Phi) is 18.1. The van der Waals surface area contributed by atoms with Gasteiger partial charge in [0.05, 0.1) is 46.8 Å². The first-order valence-corrected chi connectivity index (χ1v) is 29.4. The van der Waals surface area contributed by atoms with Crippen molar-refractivity contribution in [2.45, 2.75) is 137 Å². The molecular weight excluding hydrogens is 1070 g/mol. The molecule has 432 valence electrons. The molecular formula is C58H68FN7O14S. The van der Waals surface area contributed by atoms with Crippen LogP contribution >= 0.6 is 0 Å². The van der Waals surface area contributed by atoms with Crippen LogP contribution in [0.1, 0.15) is 131 Å². The molecule has 4 aliphatic rings. The highest BCUT2D eigenvalue weighted by atomic mass is 32.2. The number of imide groups is 1. The van der Waals surface area contributed by atoms with E-state index < -0.39 is 81.8 Å². The smallest absolute Gasteiger partial charge is 0.411 e. The van der Waals surface area contributed by atoms with Gasteiger partial charge in [0, 0.05) is 84.9 Å². The summed E-state index contributed by atoms with van der Waals surface area (Å²) in [6.07, 6.45) is 5.18. The molecule has 1 aliphatic carbocycles. The molecule has 0 bridgehead atoms. The fourth-order valence-corrected chi connectivity index (χ4v) is 11.4. The molecule has 0 saturated heterocycles. The van der Waals surface area contributed by atoms with Crippen LogP contribution < -0.4 is 21.5 Å². The van der Waals surface area contributed by atoms with Gasteiger partial charge in [-0.05, 0) is 85.4 Å². The van der Waals surface area contributed by atoms with Gasteiger partial charge in [0.1, 0.15) is 35.6 Å². The minimum absolute atomic E-state index is 0.0737. The molecule has 3 N–H and O–H groups in total. The third-order valence-electron chi connectivity index (χ3n) is 15.5. The van der Waals surface area contributed by atoms with E-state index in [1.54, 1.807) is 71.9 Å². The van der Waals surface area contributed by atoms with Gasteiger partial charge < -0.3 is 34.7 Å². The van der Waals surface area contributed by atoms with Gasteiger partial charge in [-0.2, -0.15) is 0 Å². The average molecular weight is 1140 g/mol. The summed E-state index contributed by atoms with van der Waals surface area (Å²) in [5, 5.41) is 9.41. The molecule has 21 nitrogen and oxygen atoms in total. The number of ketones is 1. The summed E-state index contributed by atoms with van der Waals surface area (Å²) in [6, 6.07) is 8.01. The number of carbonyl (C=O) groups is 8. The number of cyclic esters (lactones) is 1. The Morgan fingerprint density at radius 1 is 0.951 bits per heavy atom. The molecule has 3 aliphatic heterocycles. The summed E-state index contributed by atoms with van der Waals surface area (Å²) in [5.41, 5.74) is 2.40. The van der Waals surface area contributed by atoms with Gasteiger partial charge in [0.25, 0.3) is 17.4 Å². The van der Waals surface area contributed by atoms with Gasteiger partial charge >= 0.3 is 12.1 Å². The molecule has 8 rings (SSSR count). The summed E-state index contributed by atoms with van der Waals surface area (Å²) in [4.78, 5) is 125. The van der Waals surface area contributed by atoms with Crippen LogP contribution in [0.4, 0.5) is 14.9 Å². The van der Waals surface area contributed by atoms with Crippen LogP contribution in [0.15, 0.2) is 53.3 Å². The molecule has 0 spiro atoms. The third-order valence-corrected chi connectivity index (χ3v) is 16.4. The molecule has 0 saturated carbocycles. The van der Waals surface area contributed by atoms with Crippen molar-refractivity contribution in [2.24, 2.45) is 11.8 Å². The summed E-state index contributed by atoms with van der Waals surface area (Å²) >= 11 is 0. The first kappa shape index (κ1) is 59.5. The average Bonchev–Trinajstić information content (AvgIpc) is 2.40. The minimum atomic E-state index is -3.65. The lowest BCUT2D eigenvalue weighted by atomic mass is 9.81. The first-order valence-electron chi connectivity index (χ1n) is 27.3. The van der Waals surface area contributed by atoms with Gasteiger partial charge in [0.2, 0.25) is 17.7 Å². The third kappa shape index (κ3) is 12.8. The highest BCUT2D eigenvalue weighted by Gasteiger charge is 2.49. The maximum atomic E-state index is 15.5. The summed E-state index contributed by atoms with van der Waals surface area (Å²) in [5.74, 6) is -4.82. The van der Waals surface area contributed by atoms with Crippen molar-refractivity contribution >= 4 is 73.8 Å². The number of amides is 6. The summed E-state index contributed by atoms with van der Waals surface area (Å²) in [7, 11) is -3.65. The number of aryl methyl sites for hydroxylation is 1. The van der Waals surface area contributed by atoms with Crippen LogP contribution in [-0.4, -0.2) is 113 Å². The Hall–Kier alpha value is -7.66. The molecule has 4 aromatic rings. The van der Waals surface area contributed by atoms with Crippen LogP contribution in [0.2, 0.25) is 0 Å². The van der Waals surface area contributed by atoms with E-state index in [-0.39, 0.29) is 98.4 Å². The first-order chi connectivity index (χ1) is 38.4. The molecule has 2 aromatic carbocycles. The van der Waals surface area contributed by atoms with E-state index in [9.17, 15) is 51.6 Å². The van der Waals surface area contributed by atoms with Gasteiger partial charge in [-0.3, -0.25) is 43.4 Å². The number of nitrogens with one attached hydrogen (secondary N) is 3. The zero-order valence-corrected chi connectivity index (χ0v) is 47.3. The van der Waals surface area contributed by atoms with E-state index in [4.69, 9.17) is 19.2 Å². The summed E-state index contributed by atoms with van der Waals surface area (Å²) in [6.45, 7) is 8.81. The number of hydrogen-bond donors (Lipinski definition) is 3. The Labute approximate surface area is 468 Å².